The van der Waals surface area contributed by atoms with Gasteiger partial charge in [0.2, 0.25) is 0 Å². The molecule has 0 aliphatic carbocycles. The molecule has 0 aromatic carbocycles. The van der Waals surface area contributed by atoms with Gasteiger partial charge in [0, 0.05) is 45.3 Å². The Morgan fingerprint density at radius 1 is 1.38 bits per heavy atom. The van der Waals surface area contributed by atoms with E-state index in [0.29, 0.717) is 6.04 Å². The number of rotatable bonds is 6. The quantitative estimate of drug-likeness (QED) is 0.864. The molecule has 2 heterocycles. The van der Waals surface area contributed by atoms with Crippen molar-refractivity contribution in [2.75, 3.05) is 38.6 Å². The number of aromatic nitrogens is 2. The average molecular weight is 293 g/mol. The van der Waals surface area contributed by atoms with E-state index in [1.54, 1.807) is 0 Å². The van der Waals surface area contributed by atoms with Gasteiger partial charge in [0.05, 0.1) is 5.69 Å². The van der Waals surface area contributed by atoms with Gasteiger partial charge in [0.15, 0.2) is 0 Å². The average Bonchev–Trinajstić information content (AvgIpc) is 2.90. The Bertz CT molecular complexity index is 465. The fraction of sp³-hybridized carbons (Fsp3) is 0.812. The van der Waals surface area contributed by atoms with Crippen molar-refractivity contribution in [1.82, 2.24) is 20.0 Å². The van der Waals surface area contributed by atoms with E-state index >= 15 is 0 Å². The smallest absolute Gasteiger partial charge is 0.131 e. The van der Waals surface area contributed by atoms with Crippen molar-refractivity contribution in [3.8, 4) is 0 Å². The zero-order chi connectivity index (χ0) is 15.6. The fourth-order valence-corrected chi connectivity index (χ4v) is 3.33. The molecule has 0 spiro atoms. The number of nitrogens with one attached hydrogen (secondary N) is 1. The summed E-state index contributed by atoms with van der Waals surface area (Å²) in [4.78, 5) is 4.81. The maximum Gasteiger partial charge on any atom is 0.131 e. The highest BCUT2D eigenvalue weighted by Gasteiger charge is 2.24. The van der Waals surface area contributed by atoms with Crippen LogP contribution >= 0.6 is 0 Å². The molecule has 1 atom stereocenters. The van der Waals surface area contributed by atoms with Crippen LogP contribution in [0.1, 0.15) is 31.5 Å². The van der Waals surface area contributed by atoms with Crippen LogP contribution in [0.2, 0.25) is 0 Å². The van der Waals surface area contributed by atoms with Gasteiger partial charge in [-0.3, -0.25) is 4.68 Å². The molecule has 1 N–H and O–H groups in total. The van der Waals surface area contributed by atoms with E-state index in [-0.39, 0.29) is 0 Å². The molecule has 21 heavy (non-hydrogen) atoms. The van der Waals surface area contributed by atoms with Gasteiger partial charge in [-0.1, -0.05) is 13.8 Å². The molecule has 2 rings (SSSR count). The van der Waals surface area contributed by atoms with E-state index in [1.807, 2.05) is 4.68 Å². The van der Waals surface area contributed by atoms with Crippen LogP contribution in [0.5, 0.6) is 0 Å². The highest BCUT2D eigenvalue weighted by Crippen LogP contribution is 2.25. The normalized spacial score (nSPS) is 19.7. The Morgan fingerprint density at radius 2 is 2.10 bits per heavy atom. The Balaban J connectivity index is 2.09. The Labute approximate surface area is 129 Å². The Kier molecular flexibility index (Phi) is 5.27. The minimum Gasteiger partial charge on any atom is -0.359 e. The van der Waals surface area contributed by atoms with Gasteiger partial charge < -0.3 is 15.1 Å². The second kappa shape index (κ2) is 6.79. The number of hydrogen-bond acceptors (Lipinski definition) is 4. The SMILES string of the molecule is Cc1nn(C)c(N(C)CC2CCN(C)C2)c1CNC(C)C. The predicted octanol–water partition coefficient (Wildman–Crippen LogP) is 1.61. The number of anilines is 1. The minimum absolute atomic E-state index is 0.492. The van der Waals surface area contributed by atoms with Gasteiger partial charge >= 0.3 is 0 Å². The predicted molar refractivity (Wildman–Crippen MR) is 88.8 cm³/mol. The Hall–Kier alpha value is -1.07. The Morgan fingerprint density at radius 3 is 2.67 bits per heavy atom. The third kappa shape index (κ3) is 3.98. The van der Waals surface area contributed by atoms with Crippen LogP contribution in [0.15, 0.2) is 0 Å². The molecular formula is C16H31N5. The standard InChI is InChI=1S/C16H31N5/c1-12(2)17-9-15-13(3)18-21(6)16(15)20(5)11-14-7-8-19(4)10-14/h12,14,17H,7-11H2,1-6H3. The van der Waals surface area contributed by atoms with Gasteiger partial charge in [0.25, 0.3) is 0 Å². The fourth-order valence-electron chi connectivity index (χ4n) is 3.33. The van der Waals surface area contributed by atoms with Crippen LogP contribution in [0.25, 0.3) is 0 Å². The highest BCUT2D eigenvalue weighted by molar-refractivity contribution is 5.49. The van der Waals surface area contributed by atoms with E-state index in [2.05, 4.69) is 62.1 Å². The van der Waals surface area contributed by atoms with Crippen molar-refractivity contribution < 1.29 is 0 Å². The molecule has 0 radical (unpaired) electrons. The summed E-state index contributed by atoms with van der Waals surface area (Å²) in [5, 5.41) is 8.15. The molecule has 120 valence electrons. The zero-order valence-electron chi connectivity index (χ0n) is 14.5. The lowest BCUT2D eigenvalue weighted by atomic mass is 10.1. The molecule has 0 amide bonds. The van der Waals surface area contributed by atoms with Gasteiger partial charge in [-0.05, 0) is 32.9 Å². The number of likely N-dealkylation sites (tertiary alicyclic amines) is 1. The molecule has 1 unspecified atom stereocenters. The molecule has 1 fully saturated rings. The van der Waals surface area contributed by atoms with Crippen molar-refractivity contribution in [1.29, 1.82) is 0 Å². The van der Waals surface area contributed by atoms with E-state index in [4.69, 9.17) is 0 Å². The lowest BCUT2D eigenvalue weighted by Gasteiger charge is -2.25. The van der Waals surface area contributed by atoms with E-state index < -0.39 is 0 Å². The minimum atomic E-state index is 0.492. The number of aryl methyl sites for hydroxylation is 2. The summed E-state index contributed by atoms with van der Waals surface area (Å²) in [6.45, 7) is 10.9. The van der Waals surface area contributed by atoms with Gasteiger partial charge in [-0.2, -0.15) is 5.10 Å². The molecule has 1 aromatic heterocycles. The first-order chi connectivity index (χ1) is 9.88. The third-order valence-electron chi connectivity index (χ3n) is 4.38. The van der Waals surface area contributed by atoms with E-state index in [1.165, 1.54) is 30.9 Å². The van der Waals surface area contributed by atoms with Crippen LogP contribution in [0, 0.1) is 12.8 Å². The number of hydrogen-bond donors (Lipinski definition) is 1. The van der Waals surface area contributed by atoms with Crippen molar-refractivity contribution in [3.05, 3.63) is 11.3 Å². The largest absolute Gasteiger partial charge is 0.359 e. The maximum atomic E-state index is 4.62. The second-order valence-corrected chi connectivity index (χ2v) is 6.84. The molecule has 1 aliphatic heterocycles. The molecule has 1 saturated heterocycles. The summed E-state index contributed by atoms with van der Waals surface area (Å²) in [7, 11) is 6.47. The second-order valence-electron chi connectivity index (χ2n) is 6.84. The van der Waals surface area contributed by atoms with E-state index in [9.17, 15) is 0 Å². The first-order valence-electron chi connectivity index (χ1n) is 8.04. The van der Waals surface area contributed by atoms with Crippen LogP contribution < -0.4 is 10.2 Å². The molecular weight excluding hydrogens is 262 g/mol. The van der Waals surface area contributed by atoms with Crippen molar-refractivity contribution in [2.24, 2.45) is 13.0 Å². The summed E-state index contributed by atoms with van der Waals surface area (Å²) < 4.78 is 2.03. The highest BCUT2D eigenvalue weighted by atomic mass is 15.4. The van der Waals surface area contributed by atoms with Gasteiger partial charge in [0.1, 0.15) is 5.82 Å². The van der Waals surface area contributed by atoms with Crippen LogP contribution in [-0.2, 0) is 13.6 Å². The maximum absolute atomic E-state index is 4.62. The monoisotopic (exact) mass is 293 g/mol. The molecule has 5 heteroatoms. The molecule has 0 saturated carbocycles. The summed E-state index contributed by atoms with van der Waals surface area (Å²) in [5.74, 6) is 2.02. The van der Waals surface area contributed by atoms with Crippen LogP contribution in [0.3, 0.4) is 0 Å². The van der Waals surface area contributed by atoms with Crippen LogP contribution in [-0.4, -0.2) is 54.5 Å². The van der Waals surface area contributed by atoms with Crippen molar-refractivity contribution >= 4 is 5.82 Å². The summed E-state index contributed by atoms with van der Waals surface area (Å²) in [6, 6.07) is 0.492. The van der Waals surface area contributed by atoms with E-state index in [0.717, 1.165) is 24.7 Å². The van der Waals surface area contributed by atoms with Crippen LogP contribution in [0.4, 0.5) is 5.82 Å². The summed E-state index contributed by atoms with van der Waals surface area (Å²) >= 11 is 0. The topological polar surface area (TPSA) is 36.3 Å². The summed E-state index contributed by atoms with van der Waals surface area (Å²) in [6.07, 6.45) is 1.30. The lowest BCUT2D eigenvalue weighted by molar-refractivity contribution is 0.395. The summed E-state index contributed by atoms with van der Waals surface area (Å²) in [5.41, 5.74) is 2.47. The first-order valence-corrected chi connectivity index (χ1v) is 8.04. The molecule has 1 aromatic rings. The number of nitrogens with zero attached hydrogens (tertiary/aromatic N) is 4. The molecule has 5 nitrogen and oxygen atoms in total. The third-order valence-corrected chi connectivity index (χ3v) is 4.38. The zero-order valence-corrected chi connectivity index (χ0v) is 14.5. The van der Waals surface area contributed by atoms with Crippen molar-refractivity contribution in [2.45, 2.75) is 39.8 Å². The van der Waals surface area contributed by atoms with Gasteiger partial charge in [-0.25, -0.2) is 0 Å². The van der Waals surface area contributed by atoms with Crippen molar-refractivity contribution in [3.63, 3.8) is 0 Å². The van der Waals surface area contributed by atoms with Gasteiger partial charge in [-0.15, -0.1) is 0 Å². The molecule has 1 aliphatic rings. The lowest BCUT2D eigenvalue weighted by Crippen LogP contribution is -2.30. The molecule has 0 bridgehead atoms. The first kappa shape index (κ1) is 16.3.